The maximum atomic E-state index is 12.2. The van der Waals surface area contributed by atoms with Gasteiger partial charge >= 0.3 is 5.97 Å². The Morgan fingerprint density at radius 2 is 2.00 bits per heavy atom. The molecule has 2 aromatic rings. The van der Waals surface area contributed by atoms with Crippen LogP contribution in [0.15, 0.2) is 27.6 Å². The van der Waals surface area contributed by atoms with Crippen molar-refractivity contribution in [1.29, 1.82) is 0 Å². The van der Waals surface area contributed by atoms with Crippen molar-refractivity contribution < 1.29 is 33.7 Å². The van der Waals surface area contributed by atoms with Crippen LogP contribution >= 0.6 is 27.7 Å². The van der Waals surface area contributed by atoms with Crippen LogP contribution in [0.3, 0.4) is 0 Å². The van der Waals surface area contributed by atoms with Gasteiger partial charge in [-0.3, -0.25) is 19.7 Å². The van der Waals surface area contributed by atoms with E-state index in [1.165, 1.54) is 0 Å². The van der Waals surface area contributed by atoms with Gasteiger partial charge in [0.25, 0.3) is 11.1 Å². The lowest BCUT2D eigenvalue weighted by molar-refractivity contribution is -0.134. The van der Waals surface area contributed by atoms with Crippen molar-refractivity contribution in [3.63, 3.8) is 0 Å². The maximum Gasteiger partial charge on any atom is 0.311 e. The predicted octanol–water partition coefficient (Wildman–Crippen LogP) is 5.54. The highest BCUT2D eigenvalue weighted by Gasteiger charge is 2.36. The Balaban J connectivity index is 1.47. The number of nitrogens with one attached hydrogen (secondary N) is 1. The van der Waals surface area contributed by atoms with Gasteiger partial charge in [0.05, 0.1) is 9.38 Å². The van der Waals surface area contributed by atoms with Crippen molar-refractivity contribution in [3.05, 3.63) is 55.4 Å². The molecule has 0 saturated carbocycles. The van der Waals surface area contributed by atoms with E-state index >= 15 is 0 Å². The van der Waals surface area contributed by atoms with E-state index in [9.17, 15) is 14.4 Å². The average molecular weight is 605 g/mol. The minimum Gasteiger partial charge on any atom is -0.488 e. The third-order valence-electron chi connectivity index (χ3n) is 6.75. The fourth-order valence-electron chi connectivity index (χ4n) is 4.45. The minimum atomic E-state index is -0.574. The molecule has 8 nitrogen and oxygen atoms in total. The fraction of sp³-hybridized carbons (Fsp3) is 0.393. The Hall–Kier alpha value is -2.82. The maximum absolute atomic E-state index is 12.2. The van der Waals surface area contributed by atoms with Crippen LogP contribution in [0.25, 0.3) is 6.08 Å². The number of halogens is 1. The van der Waals surface area contributed by atoms with Crippen LogP contribution in [0, 0.1) is 20.8 Å². The molecule has 10 heteroatoms. The highest BCUT2D eigenvalue weighted by molar-refractivity contribution is 9.10. The van der Waals surface area contributed by atoms with Gasteiger partial charge in [-0.2, -0.15) is 0 Å². The number of aliphatic hydroxyl groups excluding tert-OH is 1. The van der Waals surface area contributed by atoms with Gasteiger partial charge in [0.1, 0.15) is 29.5 Å². The molecule has 1 saturated heterocycles. The number of ether oxygens (including phenoxy) is 3. The topological polar surface area (TPSA) is 111 Å². The molecule has 38 heavy (non-hydrogen) atoms. The second kappa shape index (κ2) is 11.5. The molecule has 0 bridgehead atoms. The van der Waals surface area contributed by atoms with Crippen LogP contribution in [0.2, 0.25) is 0 Å². The monoisotopic (exact) mass is 603 g/mol. The molecule has 0 radical (unpaired) electrons. The van der Waals surface area contributed by atoms with Gasteiger partial charge in [-0.1, -0.05) is 6.07 Å². The number of esters is 1. The smallest absolute Gasteiger partial charge is 0.311 e. The number of carbonyl (C=O) groups excluding carboxylic acids is 3. The summed E-state index contributed by atoms with van der Waals surface area (Å²) in [6.45, 7) is 8.10. The van der Waals surface area contributed by atoms with Gasteiger partial charge in [0, 0.05) is 18.6 Å². The van der Waals surface area contributed by atoms with Gasteiger partial charge < -0.3 is 19.3 Å². The molecule has 0 spiro atoms. The second-order valence-corrected chi connectivity index (χ2v) is 11.6. The summed E-state index contributed by atoms with van der Waals surface area (Å²) < 4.78 is 19.1. The van der Waals surface area contributed by atoms with Crippen molar-refractivity contribution in [2.45, 2.75) is 59.0 Å². The van der Waals surface area contributed by atoms with Crippen LogP contribution < -0.4 is 19.5 Å². The molecule has 1 atom stereocenters. The van der Waals surface area contributed by atoms with Crippen LogP contribution in [0.5, 0.6) is 17.2 Å². The zero-order chi connectivity index (χ0) is 27.6. The summed E-state index contributed by atoms with van der Waals surface area (Å²) in [6.07, 6.45) is 3.65. The third kappa shape index (κ3) is 6.08. The van der Waals surface area contributed by atoms with E-state index in [2.05, 4.69) is 21.2 Å². The summed E-state index contributed by atoms with van der Waals surface area (Å²) in [5.74, 6) is 1.26. The molecule has 2 aliphatic rings. The summed E-state index contributed by atoms with van der Waals surface area (Å²) in [4.78, 5) is 35.8. The van der Waals surface area contributed by atoms with E-state index in [0.717, 1.165) is 56.2 Å². The first-order valence-corrected chi connectivity index (χ1v) is 13.9. The molecule has 202 valence electrons. The van der Waals surface area contributed by atoms with E-state index < -0.39 is 11.5 Å². The molecule has 2 N–H and O–H groups in total. The number of imide groups is 1. The number of fused-ring (bicyclic) bond motifs is 1. The molecule has 4 rings (SSSR count). The Bertz CT molecular complexity index is 1340. The number of carbonyl (C=O) groups is 3. The minimum absolute atomic E-state index is 0.0521. The normalized spacial score (nSPS) is 19.7. The lowest BCUT2D eigenvalue weighted by Crippen LogP contribution is -2.42. The van der Waals surface area contributed by atoms with Gasteiger partial charge in [-0.05, 0) is 115 Å². The molecular weight excluding hydrogens is 574 g/mol. The zero-order valence-electron chi connectivity index (χ0n) is 21.7. The Morgan fingerprint density at radius 3 is 2.66 bits per heavy atom. The number of thioether (sulfide) groups is 1. The first-order chi connectivity index (χ1) is 18.0. The van der Waals surface area contributed by atoms with Gasteiger partial charge in [-0.15, -0.1) is 0 Å². The van der Waals surface area contributed by atoms with E-state index in [-0.39, 0.29) is 24.2 Å². The summed E-state index contributed by atoms with van der Waals surface area (Å²) in [5.41, 5.74) is 3.89. The molecule has 0 aromatic heterocycles. The summed E-state index contributed by atoms with van der Waals surface area (Å²) in [5, 5.41) is 10.9. The molecule has 2 aliphatic heterocycles. The first-order valence-electron chi connectivity index (χ1n) is 12.3. The Labute approximate surface area is 234 Å². The van der Waals surface area contributed by atoms with Gasteiger partial charge in [0.2, 0.25) is 0 Å². The fourth-order valence-corrected chi connectivity index (χ4v) is 5.64. The zero-order valence-corrected chi connectivity index (χ0v) is 24.1. The van der Waals surface area contributed by atoms with Crippen molar-refractivity contribution in [2.24, 2.45) is 0 Å². The quantitative estimate of drug-likeness (QED) is 0.230. The van der Waals surface area contributed by atoms with E-state index in [1.807, 2.05) is 45.9 Å². The number of benzene rings is 2. The number of hydrogen-bond acceptors (Lipinski definition) is 8. The van der Waals surface area contributed by atoms with E-state index in [4.69, 9.17) is 19.3 Å². The third-order valence-corrected chi connectivity index (χ3v) is 8.18. The van der Waals surface area contributed by atoms with Crippen molar-refractivity contribution in [3.8, 4) is 17.2 Å². The van der Waals surface area contributed by atoms with Gasteiger partial charge in [-0.25, -0.2) is 0 Å². The lowest BCUT2D eigenvalue weighted by Gasteiger charge is -2.38. The average Bonchev–Trinajstić information content (AvgIpc) is 3.19. The van der Waals surface area contributed by atoms with Crippen molar-refractivity contribution >= 4 is 50.9 Å². The number of hydrogen-bond donors (Lipinski definition) is 2. The standard InChI is InChI=1S/C28H30BrNO7S/c1-15-16(2)25-19(17(3)24(15)36-23(32)6-5-11-31)9-10-28(4,37-25)14-35-21-8-7-18(12-20(21)29)13-22-26(33)30-27(34)38-22/h7-8,12-13,31H,5-6,9-11,14H2,1-4H3,(H,30,33,34). The van der Waals surface area contributed by atoms with E-state index in [0.29, 0.717) is 35.9 Å². The van der Waals surface area contributed by atoms with Crippen LogP contribution in [-0.4, -0.2) is 41.0 Å². The largest absolute Gasteiger partial charge is 0.488 e. The number of aliphatic hydroxyl groups is 1. The molecule has 2 aromatic carbocycles. The summed E-state index contributed by atoms with van der Waals surface area (Å²) in [6, 6.07) is 5.47. The molecule has 2 heterocycles. The predicted molar refractivity (Wildman–Crippen MR) is 149 cm³/mol. The van der Waals surface area contributed by atoms with Crippen LogP contribution in [-0.2, 0) is 16.0 Å². The van der Waals surface area contributed by atoms with Crippen molar-refractivity contribution in [2.75, 3.05) is 13.2 Å². The molecule has 2 amide bonds. The van der Waals surface area contributed by atoms with Gasteiger partial charge in [0.15, 0.2) is 0 Å². The Morgan fingerprint density at radius 1 is 1.24 bits per heavy atom. The molecule has 1 fully saturated rings. The van der Waals surface area contributed by atoms with Crippen LogP contribution in [0.4, 0.5) is 4.79 Å². The Kier molecular flexibility index (Phi) is 8.54. The summed E-state index contributed by atoms with van der Waals surface area (Å²) in [7, 11) is 0. The molecular formula is C28H30BrNO7S. The van der Waals surface area contributed by atoms with Crippen molar-refractivity contribution in [1.82, 2.24) is 5.32 Å². The van der Waals surface area contributed by atoms with E-state index in [1.54, 1.807) is 6.08 Å². The summed E-state index contributed by atoms with van der Waals surface area (Å²) >= 11 is 4.42. The number of amides is 2. The highest BCUT2D eigenvalue weighted by atomic mass is 79.9. The SMILES string of the molecule is Cc1c(C)c2c(c(C)c1OC(=O)CCCO)CCC(C)(COc1ccc(C=C3SC(=O)NC3=O)cc1Br)O2. The molecule has 1 unspecified atom stereocenters. The highest BCUT2D eigenvalue weighted by Crippen LogP contribution is 2.44. The lowest BCUT2D eigenvalue weighted by atomic mass is 9.87. The first kappa shape index (κ1) is 28.2. The number of rotatable bonds is 8. The van der Waals surface area contributed by atoms with Crippen LogP contribution in [0.1, 0.15) is 54.0 Å². The second-order valence-electron chi connectivity index (χ2n) is 9.70. The molecule has 0 aliphatic carbocycles.